The molecule has 1 aliphatic heterocycles. The summed E-state index contributed by atoms with van der Waals surface area (Å²) in [5.74, 6) is 1.06. The Balaban J connectivity index is 2.13. The van der Waals surface area contributed by atoms with Gasteiger partial charge in [0.1, 0.15) is 5.82 Å². The maximum absolute atomic E-state index is 5.91. The summed E-state index contributed by atoms with van der Waals surface area (Å²) in [6.45, 7) is 6.41. The molecule has 1 aliphatic rings. The first-order valence-electron chi connectivity index (χ1n) is 6.32. The minimum atomic E-state index is 0.0754. The van der Waals surface area contributed by atoms with Crippen LogP contribution in [0.5, 0.6) is 0 Å². The fourth-order valence-electron chi connectivity index (χ4n) is 2.17. The second kappa shape index (κ2) is 5.47. The van der Waals surface area contributed by atoms with Gasteiger partial charge in [0.2, 0.25) is 0 Å². The Labute approximate surface area is 103 Å². The molecule has 1 fully saturated rings. The third kappa shape index (κ3) is 3.17. The molecular formula is C13H22N4. The molecule has 0 bridgehead atoms. The Kier molecular flexibility index (Phi) is 3.97. The van der Waals surface area contributed by atoms with Crippen LogP contribution < -0.4 is 10.6 Å². The minimum Gasteiger partial charge on any atom is -0.355 e. The summed E-state index contributed by atoms with van der Waals surface area (Å²) in [5.41, 5.74) is 7.07. The number of hydrogen-bond acceptors (Lipinski definition) is 4. The molecule has 4 heteroatoms. The van der Waals surface area contributed by atoms with E-state index in [1.54, 1.807) is 0 Å². The van der Waals surface area contributed by atoms with Crippen molar-refractivity contribution in [3.63, 3.8) is 0 Å². The Morgan fingerprint density at radius 2 is 2.12 bits per heavy atom. The van der Waals surface area contributed by atoms with Crippen LogP contribution in [0.2, 0.25) is 0 Å². The summed E-state index contributed by atoms with van der Waals surface area (Å²) in [5, 5.41) is 0. The van der Waals surface area contributed by atoms with Crippen LogP contribution in [0.15, 0.2) is 18.3 Å². The SMILES string of the molecule is C[C@@H](N)c1ccnc(N2CCCN(C)CC2)c1. The fourth-order valence-corrected chi connectivity index (χ4v) is 2.17. The normalized spacial score (nSPS) is 20.1. The van der Waals surface area contributed by atoms with E-state index in [-0.39, 0.29) is 6.04 Å². The van der Waals surface area contributed by atoms with E-state index in [4.69, 9.17) is 5.73 Å². The molecule has 2 heterocycles. The van der Waals surface area contributed by atoms with Crippen LogP contribution in [0, 0.1) is 0 Å². The van der Waals surface area contributed by atoms with Crippen molar-refractivity contribution in [1.29, 1.82) is 0 Å². The van der Waals surface area contributed by atoms with Gasteiger partial charge in [-0.3, -0.25) is 0 Å². The molecule has 0 aromatic carbocycles. The molecule has 1 aromatic rings. The van der Waals surface area contributed by atoms with Gasteiger partial charge in [0.15, 0.2) is 0 Å². The summed E-state index contributed by atoms with van der Waals surface area (Å²) in [6.07, 6.45) is 3.06. The van der Waals surface area contributed by atoms with Crippen LogP contribution in [-0.4, -0.2) is 43.1 Å². The molecule has 0 spiro atoms. The summed E-state index contributed by atoms with van der Waals surface area (Å²) < 4.78 is 0. The van der Waals surface area contributed by atoms with Crippen LogP contribution in [-0.2, 0) is 0 Å². The van der Waals surface area contributed by atoms with E-state index in [0.717, 1.165) is 31.0 Å². The van der Waals surface area contributed by atoms with Crippen molar-refractivity contribution in [2.45, 2.75) is 19.4 Å². The minimum absolute atomic E-state index is 0.0754. The van der Waals surface area contributed by atoms with Gasteiger partial charge in [-0.15, -0.1) is 0 Å². The molecule has 1 atom stereocenters. The van der Waals surface area contributed by atoms with E-state index in [2.05, 4.69) is 27.9 Å². The van der Waals surface area contributed by atoms with Crippen molar-refractivity contribution in [3.05, 3.63) is 23.9 Å². The molecule has 2 N–H and O–H groups in total. The molecule has 0 aliphatic carbocycles. The smallest absolute Gasteiger partial charge is 0.128 e. The molecule has 4 nitrogen and oxygen atoms in total. The van der Waals surface area contributed by atoms with E-state index < -0.39 is 0 Å². The summed E-state index contributed by atoms with van der Waals surface area (Å²) in [6, 6.07) is 4.19. The van der Waals surface area contributed by atoms with Gasteiger partial charge in [-0.2, -0.15) is 0 Å². The number of aromatic nitrogens is 1. The van der Waals surface area contributed by atoms with Crippen LogP contribution in [0.4, 0.5) is 5.82 Å². The second-order valence-electron chi connectivity index (χ2n) is 4.88. The topological polar surface area (TPSA) is 45.4 Å². The number of nitrogens with zero attached hydrogens (tertiary/aromatic N) is 3. The Bertz CT molecular complexity index is 364. The fraction of sp³-hybridized carbons (Fsp3) is 0.615. The van der Waals surface area contributed by atoms with Crippen LogP contribution in [0.3, 0.4) is 0 Å². The zero-order chi connectivity index (χ0) is 12.3. The van der Waals surface area contributed by atoms with Gasteiger partial charge in [0.05, 0.1) is 0 Å². The lowest BCUT2D eigenvalue weighted by Crippen LogP contribution is -2.29. The zero-order valence-corrected chi connectivity index (χ0v) is 10.8. The lowest BCUT2D eigenvalue weighted by Gasteiger charge is -2.22. The van der Waals surface area contributed by atoms with E-state index in [1.165, 1.54) is 13.0 Å². The maximum Gasteiger partial charge on any atom is 0.128 e. The highest BCUT2D eigenvalue weighted by Gasteiger charge is 2.14. The average Bonchev–Trinajstić information content (AvgIpc) is 2.54. The quantitative estimate of drug-likeness (QED) is 0.836. The van der Waals surface area contributed by atoms with Crippen LogP contribution in [0.1, 0.15) is 24.9 Å². The van der Waals surface area contributed by atoms with E-state index in [0.29, 0.717) is 0 Å². The van der Waals surface area contributed by atoms with E-state index >= 15 is 0 Å². The molecule has 0 saturated carbocycles. The van der Waals surface area contributed by atoms with E-state index in [9.17, 15) is 0 Å². The zero-order valence-electron chi connectivity index (χ0n) is 10.8. The lowest BCUT2D eigenvalue weighted by molar-refractivity contribution is 0.360. The van der Waals surface area contributed by atoms with Crippen molar-refractivity contribution < 1.29 is 0 Å². The van der Waals surface area contributed by atoms with Gasteiger partial charge >= 0.3 is 0 Å². The third-order valence-corrected chi connectivity index (χ3v) is 3.34. The van der Waals surface area contributed by atoms with Crippen LogP contribution in [0.25, 0.3) is 0 Å². The molecule has 94 valence electrons. The Morgan fingerprint density at radius 3 is 2.88 bits per heavy atom. The van der Waals surface area contributed by atoms with Gasteiger partial charge in [-0.25, -0.2) is 4.98 Å². The first-order chi connectivity index (χ1) is 8.16. The monoisotopic (exact) mass is 234 g/mol. The first kappa shape index (κ1) is 12.3. The van der Waals surface area contributed by atoms with Crippen molar-refractivity contribution in [2.75, 3.05) is 38.1 Å². The number of pyridine rings is 1. The maximum atomic E-state index is 5.91. The highest BCUT2D eigenvalue weighted by molar-refractivity contribution is 5.41. The molecule has 17 heavy (non-hydrogen) atoms. The molecule has 0 amide bonds. The average molecular weight is 234 g/mol. The predicted octanol–water partition coefficient (Wildman–Crippen LogP) is 1.24. The van der Waals surface area contributed by atoms with Crippen molar-refractivity contribution >= 4 is 5.82 Å². The summed E-state index contributed by atoms with van der Waals surface area (Å²) in [4.78, 5) is 9.19. The predicted molar refractivity (Wildman–Crippen MR) is 71.2 cm³/mol. The van der Waals surface area contributed by atoms with Crippen molar-refractivity contribution in [2.24, 2.45) is 5.73 Å². The molecular weight excluding hydrogens is 212 g/mol. The number of nitrogens with two attached hydrogens (primary N) is 1. The molecule has 0 radical (unpaired) electrons. The van der Waals surface area contributed by atoms with Gasteiger partial charge in [0.25, 0.3) is 0 Å². The number of rotatable bonds is 2. The lowest BCUT2D eigenvalue weighted by atomic mass is 10.1. The number of anilines is 1. The summed E-state index contributed by atoms with van der Waals surface area (Å²) >= 11 is 0. The van der Waals surface area contributed by atoms with Gasteiger partial charge in [-0.05, 0) is 44.6 Å². The molecule has 1 saturated heterocycles. The second-order valence-corrected chi connectivity index (χ2v) is 4.88. The van der Waals surface area contributed by atoms with Crippen LogP contribution >= 0.6 is 0 Å². The largest absolute Gasteiger partial charge is 0.355 e. The van der Waals surface area contributed by atoms with Gasteiger partial charge in [0, 0.05) is 31.9 Å². The van der Waals surface area contributed by atoms with Gasteiger partial charge in [-0.1, -0.05) is 0 Å². The van der Waals surface area contributed by atoms with Crippen molar-refractivity contribution in [1.82, 2.24) is 9.88 Å². The number of likely N-dealkylation sites (N-methyl/N-ethyl adjacent to an activating group) is 1. The van der Waals surface area contributed by atoms with Crippen molar-refractivity contribution in [3.8, 4) is 0 Å². The highest BCUT2D eigenvalue weighted by atomic mass is 15.2. The highest BCUT2D eigenvalue weighted by Crippen LogP contribution is 2.17. The number of hydrogen-bond donors (Lipinski definition) is 1. The molecule has 1 aromatic heterocycles. The molecule has 2 rings (SSSR count). The summed E-state index contributed by atoms with van der Waals surface area (Å²) in [7, 11) is 2.18. The van der Waals surface area contributed by atoms with Gasteiger partial charge < -0.3 is 15.5 Å². The Hall–Kier alpha value is -1.13. The first-order valence-corrected chi connectivity index (χ1v) is 6.32. The third-order valence-electron chi connectivity index (χ3n) is 3.34. The van der Waals surface area contributed by atoms with E-state index in [1.807, 2.05) is 19.2 Å². The molecule has 0 unspecified atom stereocenters. The standard InChI is InChI=1S/C13H22N4/c1-11(14)12-4-5-15-13(10-12)17-7-3-6-16(2)8-9-17/h4-5,10-11H,3,6-9,14H2,1-2H3/t11-/m1/s1. The Morgan fingerprint density at radius 1 is 1.29 bits per heavy atom.